The van der Waals surface area contributed by atoms with E-state index in [1.807, 2.05) is 18.4 Å². The molecule has 0 aliphatic heterocycles. The van der Waals surface area contributed by atoms with Crippen molar-refractivity contribution in [2.75, 3.05) is 12.8 Å². The van der Waals surface area contributed by atoms with E-state index in [1.165, 1.54) is 11.3 Å². The van der Waals surface area contributed by atoms with Gasteiger partial charge in [0.1, 0.15) is 0 Å². The molecule has 0 aliphatic rings. The topological polar surface area (TPSA) is 59.2 Å². The van der Waals surface area contributed by atoms with E-state index >= 15 is 0 Å². The molecule has 5 heteroatoms. The number of nitrogens with zero attached hydrogens (tertiary/aromatic N) is 2. The first kappa shape index (κ1) is 12.6. The summed E-state index contributed by atoms with van der Waals surface area (Å²) in [5.41, 5.74) is 10.6. The number of aromatic nitrogens is 1. The molecule has 1 heterocycles. The Kier molecular flexibility index (Phi) is 3.62. The molecule has 2 rings (SSSR count). The molecule has 0 unspecified atom stereocenters. The first-order valence-corrected chi connectivity index (χ1v) is 6.51. The SMILES string of the molecule is Cc1ccc(N)cc1C(=O)N(C)Cc1cscn1. The number of anilines is 1. The van der Waals surface area contributed by atoms with Crippen molar-refractivity contribution in [2.45, 2.75) is 13.5 Å². The molecular formula is C13H15N3OS. The Bertz CT molecular complexity index is 551. The van der Waals surface area contributed by atoms with E-state index in [0.29, 0.717) is 17.8 Å². The zero-order valence-electron chi connectivity index (χ0n) is 10.4. The second-order valence-corrected chi connectivity index (χ2v) is 4.93. The molecule has 1 amide bonds. The number of carbonyl (C=O) groups is 1. The predicted octanol–water partition coefficient (Wildman–Crippen LogP) is 2.31. The van der Waals surface area contributed by atoms with Crippen LogP contribution in [0.15, 0.2) is 29.1 Å². The van der Waals surface area contributed by atoms with Crippen LogP contribution >= 0.6 is 11.3 Å². The summed E-state index contributed by atoms with van der Waals surface area (Å²) in [6, 6.07) is 5.38. The number of rotatable bonds is 3. The Labute approximate surface area is 110 Å². The van der Waals surface area contributed by atoms with E-state index in [9.17, 15) is 4.79 Å². The highest BCUT2D eigenvalue weighted by Crippen LogP contribution is 2.15. The summed E-state index contributed by atoms with van der Waals surface area (Å²) in [6.45, 7) is 2.42. The molecule has 94 valence electrons. The molecule has 0 fully saturated rings. The lowest BCUT2D eigenvalue weighted by Crippen LogP contribution is -2.27. The molecule has 1 aromatic heterocycles. The van der Waals surface area contributed by atoms with E-state index in [1.54, 1.807) is 29.6 Å². The van der Waals surface area contributed by atoms with Crippen molar-refractivity contribution < 1.29 is 4.79 Å². The number of carbonyl (C=O) groups excluding carboxylic acids is 1. The lowest BCUT2D eigenvalue weighted by atomic mass is 10.1. The minimum atomic E-state index is -0.0344. The van der Waals surface area contributed by atoms with Crippen molar-refractivity contribution in [3.63, 3.8) is 0 Å². The molecule has 0 bridgehead atoms. The van der Waals surface area contributed by atoms with Crippen LogP contribution in [0.5, 0.6) is 0 Å². The van der Waals surface area contributed by atoms with Gasteiger partial charge < -0.3 is 10.6 Å². The van der Waals surface area contributed by atoms with E-state index < -0.39 is 0 Å². The van der Waals surface area contributed by atoms with Crippen molar-refractivity contribution >= 4 is 22.9 Å². The van der Waals surface area contributed by atoms with E-state index in [4.69, 9.17) is 5.73 Å². The number of aryl methyl sites for hydroxylation is 1. The second kappa shape index (κ2) is 5.18. The summed E-state index contributed by atoms with van der Waals surface area (Å²) < 4.78 is 0. The molecule has 0 aliphatic carbocycles. The molecule has 4 nitrogen and oxygen atoms in total. The van der Waals surface area contributed by atoms with E-state index in [-0.39, 0.29) is 5.91 Å². The zero-order valence-corrected chi connectivity index (χ0v) is 11.2. The zero-order chi connectivity index (χ0) is 13.1. The summed E-state index contributed by atoms with van der Waals surface area (Å²) in [6.07, 6.45) is 0. The van der Waals surface area contributed by atoms with Gasteiger partial charge in [-0.15, -0.1) is 11.3 Å². The molecular weight excluding hydrogens is 246 g/mol. The van der Waals surface area contributed by atoms with Crippen LogP contribution in [-0.2, 0) is 6.54 Å². The Balaban J connectivity index is 2.17. The van der Waals surface area contributed by atoms with Crippen molar-refractivity contribution in [1.82, 2.24) is 9.88 Å². The van der Waals surface area contributed by atoms with Crippen LogP contribution < -0.4 is 5.73 Å². The number of hydrogen-bond donors (Lipinski definition) is 1. The molecule has 0 saturated heterocycles. The summed E-state index contributed by atoms with van der Waals surface area (Å²) >= 11 is 1.53. The van der Waals surface area contributed by atoms with E-state index in [0.717, 1.165) is 11.3 Å². The molecule has 0 spiro atoms. The smallest absolute Gasteiger partial charge is 0.254 e. The third kappa shape index (κ3) is 2.68. The number of thiazole rings is 1. The third-order valence-corrected chi connectivity index (χ3v) is 3.36. The maximum absolute atomic E-state index is 12.3. The van der Waals surface area contributed by atoms with Gasteiger partial charge in [0, 0.05) is 23.7 Å². The molecule has 2 N–H and O–H groups in total. The van der Waals surface area contributed by atoms with Gasteiger partial charge in [-0.3, -0.25) is 4.79 Å². The lowest BCUT2D eigenvalue weighted by molar-refractivity contribution is 0.0783. The highest BCUT2D eigenvalue weighted by Gasteiger charge is 2.15. The number of hydrogen-bond acceptors (Lipinski definition) is 4. The third-order valence-electron chi connectivity index (χ3n) is 2.72. The van der Waals surface area contributed by atoms with Crippen LogP contribution in [-0.4, -0.2) is 22.8 Å². The van der Waals surface area contributed by atoms with Crippen LogP contribution in [0.2, 0.25) is 0 Å². The summed E-state index contributed by atoms with van der Waals surface area (Å²) in [5.74, 6) is -0.0344. The average Bonchev–Trinajstić information content (AvgIpc) is 2.84. The molecule has 18 heavy (non-hydrogen) atoms. The van der Waals surface area contributed by atoms with Crippen LogP contribution in [0.3, 0.4) is 0 Å². The molecule has 0 saturated carbocycles. The highest BCUT2D eigenvalue weighted by atomic mass is 32.1. The minimum absolute atomic E-state index is 0.0344. The first-order valence-electron chi connectivity index (χ1n) is 5.56. The molecule has 1 aromatic carbocycles. The van der Waals surface area contributed by atoms with Crippen LogP contribution in [0.4, 0.5) is 5.69 Å². The molecule has 2 aromatic rings. The summed E-state index contributed by atoms with van der Waals surface area (Å²) in [5, 5.41) is 1.94. The van der Waals surface area contributed by atoms with E-state index in [2.05, 4.69) is 4.98 Å². The van der Waals surface area contributed by atoms with Gasteiger partial charge in [-0.2, -0.15) is 0 Å². The maximum Gasteiger partial charge on any atom is 0.254 e. The fraction of sp³-hybridized carbons (Fsp3) is 0.231. The van der Waals surface area contributed by atoms with Crippen molar-refractivity contribution in [3.05, 3.63) is 45.9 Å². The van der Waals surface area contributed by atoms with Gasteiger partial charge in [-0.25, -0.2) is 4.98 Å². The maximum atomic E-state index is 12.3. The lowest BCUT2D eigenvalue weighted by Gasteiger charge is -2.17. The van der Waals surface area contributed by atoms with Crippen LogP contribution in [0.1, 0.15) is 21.6 Å². The van der Waals surface area contributed by atoms with Gasteiger partial charge in [0.2, 0.25) is 0 Å². The fourth-order valence-corrected chi connectivity index (χ4v) is 2.26. The van der Waals surface area contributed by atoms with Crippen molar-refractivity contribution in [1.29, 1.82) is 0 Å². The number of nitrogen functional groups attached to an aromatic ring is 1. The van der Waals surface area contributed by atoms with Crippen molar-refractivity contribution in [2.24, 2.45) is 0 Å². The largest absolute Gasteiger partial charge is 0.399 e. The Morgan fingerprint density at radius 1 is 1.50 bits per heavy atom. The Morgan fingerprint density at radius 2 is 2.28 bits per heavy atom. The minimum Gasteiger partial charge on any atom is -0.399 e. The monoisotopic (exact) mass is 261 g/mol. The standard InChI is InChI=1S/C13H15N3OS/c1-9-3-4-10(14)5-12(9)13(17)16(2)6-11-7-18-8-15-11/h3-5,7-8H,6,14H2,1-2H3. The van der Waals surface area contributed by atoms with Crippen molar-refractivity contribution in [3.8, 4) is 0 Å². The molecule has 0 radical (unpaired) electrons. The van der Waals surface area contributed by atoms with Gasteiger partial charge in [0.25, 0.3) is 5.91 Å². The highest BCUT2D eigenvalue weighted by molar-refractivity contribution is 7.07. The summed E-state index contributed by atoms with van der Waals surface area (Å²) in [7, 11) is 1.77. The quantitative estimate of drug-likeness (QED) is 0.862. The van der Waals surface area contributed by atoms with Crippen LogP contribution in [0.25, 0.3) is 0 Å². The van der Waals surface area contributed by atoms with Gasteiger partial charge in [-0.05, 0) is 24.6 Å². The average molecular weight is 261 g/mol. The number of nitrogens with two attached hydrogens (primary N) is 1. The Morgan fingerprint density at radius 3 is 2.94 bits per heavy atom. The number of amides is 1. The number of benzene rings is 1. The van der Waals surface area contributed by atoms with Gasteiger partial charge in [-0.1, -0.05) is 6.07 Å². The Hall–Kier alpha value is -1.88. The van der Waals surface area contributed by atoms with Crippen LogP contribution in [0, 0.1) is 6.92 Å². The van der Waals surface area contributed by atoms with Gasteiger partial charge >= 0.3 is 0 Å². The second-order valence-electron chi connectivity index (χ2n) is 4.22. The van der Waals surface area contributed by atoms with Gasteiger partial charge in [0.15, 0.2) is 0 Å². The normalized spacial score (nSPS) is 10.3. The van der Waals surface area contributed by atoms with Gasteiger partial charge in [0.05, 0.1) is 17.7 Å². The molecule has 0 atom stereocenters. The first-order chi connectivity index (χ1) is 8.58. The fourth-order valence-electron chi connectivity index (χ4n) is 1.71. The predicted molar refractivity (Wildman–Crippen MR) is 73.5 cm³/mol. The summed E-state index contributed by atoms with van der Waals surface area (Å²) in [4.78, 5) is 18.1.